The molecule has 0 fully saturated rings. The molecule has 2 atom stereocenters. The van der Waals surface area contributed by atoms with E-state index < -0.39 is 15.1 Å². The van der Waals surface area contributed by atoms with Gasteiger partial charge in [-0.15, -0.1) is 0 Å². The Balaban J connectivity index is 2.64. The molecule has 2 unspecified atom stereocenters. The van der Waals surface area contributed by atoms with E-state index in [2.05, 4.69) is 21.2 Å². The third-order valence-electron chi connectivity index (χ3n) is 2.82. The molecule has 2 rings (SSSR count). The highest BCUT2D eigenvalue weighted by Crippen LogP contribution is 2.34. The van der Waals surface area contributed by atoms with Gasteiger partial charge in [-0.1, -0.05) is 15.9 Å². The maximum atomic E-state index is 12.3. The van der Waals surface area contributed by atoms with Gasteiger partial charge in [0, 0.05) is 17.1 Å². The minimum atomic E-state index is -3.32. The van der Waals surface area contributed by atoms with Crippen molar-refractivity contribution in [1.29, 1.82) is 0 Å². The molecule has 3 N–H and O–H groups in total. The van der Waals surface area contributed by atoms with E-state index in [0.29, 0.717) is 10.6 Å². The van der Waals surface area contributed by atoms with Crippen LogP contribution in [0, 0.1) is 0 Å². The number of anilines is 1. The number of hydrogen-bond donors (Lipinski definition) is 2. The third-order valence-corrected chi connectivity index (χ3v) is 5.66. The van der Waals surface area contributed by atoms with Gasteiger partial charge in [0.05, 0.1) is 15.8 Å². The molecular weight excluding hydrogens is 292 g/mol. The molecule has 0 saturated heterocycles. The van der Waals surface area contributed by atoms with E-state index in [0.717, 1.165) is 4.47 Å². The summed E-state index contributed by atoms with van der Waals surface area (Å²) in [5.74, 6) is 0. The van der Waals surface area contributed by atoms with Crippen LogP contribution in [0.15, 0.2) is 27.6 Å². The van der Waals surface area contributed by atoms with Gasteiger partial charge in [0.1, 0.15) is 0 Å². The standard InChI is InChI=1S/C10H13BrN2O2S/c1-6-10(5-12)16(14,15)9-4-7(11)2-3-8(9)13-6/h2-4,6,10,13H,5,12H2,1H3. The third kappa shape index (κ3) is 1.74. The second kappa shape index (κ2) is 4.01. The molecule has 6 heteroatoms. The minimum absolute atomic E-state index is 0.127. The fraction of sp³-hybridized carbons (Fsp3) is 0.400. The molecule has 0 radical (unpaired) electrons. The van der Waals surface area contributed by atoms with E-state index in [-0.39, 0.29) is 12.6 Å². The van der Waals surface area contributed by atoms with Crippen molar-refractivity contribution >= 4 is 31.5 Å². The van der Waals surface area contributed by atoms with E-state index in [9.17, 15) is 8.42 Å². The van der Waals surface area contributed by atoms with Gasteiger partial charge in [-0.2, -0.15) is 0 Å². The van der Waals surface area contributed by atoms with Gasteiger partial charge in [0.15, 0.2) is 9.84 Å². The van der Waals surface area contributed by atoms with Crippen LogP contribution in [-0.4, -0.2) is 26.3 Å². The van der Waals surface area contributed by atoms with Crippen LogP contribution in [0.5, 0.6) is 0 Å². The highest BCUT2D eigenvalue weighted by Gasteiger charge is 2.37. The predicted molar refractivity (Wildman–Crippen MR) is 67.3 cm³/mol. The Bertz CT molecular complexity index is 516. The van der Waals surface area contributed by atoms with Crippen molar-refractivity contribution < 1.29 is 8.42 Å². The highest BCUT2D eigenvalue weighted by atomic mass is 79.9. The summed E-state index contributed by atoms with van der Waals surface area (Å²) in [7, 11) is -3.32. The lowest BCUT2D eigenvalue weighted by Crippen LogP contribution is -2.46. The molecule has 1 aromatic rings. The molecule has 0 aromatic heterocycles. The molecule has 0 bridgehead atoms. The Hall–Kier alpha value is -0.590. The first-order chi connectivity index (χ1) is 7.46. The summed E-state index contributed by atoms with van der Waals surface area (Å²) in [5, 5.41) is 2.60. The largest absolute Gasteiger partial charge is 0.380 e. The van der Waals surface area contributed by atoms with E-state index in [4.69, 9.17) is 5.73 Å². The minimum Gasteiger partial charge on any atom is -0.380 e. The topological polar surface area (TPSA) is 72.2 Å². The second-order valence-corrected chi connectivity index (χ2v) is 6.94. The normalized spacial score (nSPS) is 26.9. The van der Waals surface area contributed by atoms with Crippen LogP contribution >= 0.6 is 15.9 Å². The van der Waals surface area contributed by atoms with Gasteiger partial charge in [-0.3, -0.25) is 0 Å². The Morgan fingerprint density at radius 1 is 1.50 bits per heavy atom. The first-order valence-corrected chi connectivity index (χ1v) is 7.31. The summed E-state index contributed by atoms with van der Waals surface area (Å²) in [6.45, 7) is 1.96. The lowest BCUT2D eigenvalue weighted by molar-refractivity contribution is 0.560. The number of nitrogens with one attached hydrogen (secondary N) is 1. The molecule has 0 amide bonds. The summed E-state index contributed by atoms with van der Waals surface area (Å²) in [6, 6.07) is 5.03. The number of rotatable bonds is 1. The summed E-state index contributed by atoms with van der Waals surface area (Å²) in [5.41, 5.74) is 6.19. The van der Waals surface area contributed by atoms with Crippen molar-refractivity contribution in [2.75, 3.05) is 11.9 Å². The van der Waals surface area contributed by atoms with Crippen molar-refractivity contribution in [2.24, 2.45) is 5.73 Å². The van der Waals surface area contributed by atoms with Crippen LogP contribution in [0.1, 0.15) is 6.92 Å². The number of hydrogen-bond acceptors (Lipinski definition) is 4. The Kier molecular flexibility index (Phi) is 2.98. The number of fused-ring (bicyclic) bond motifs is 1. The molecule has 0 aliphatic carbocycles. The Morgan fingerprint density at radius 2 is 2.19 bits per heavy atom. The van der Waals surface area contributed by atoms with Gasteiger partial charge in [-0.05, 0) is 25.1 Å². The molecule has 1 aromatic carbocycles. The number of halogens is 1. The molecule has 4 nitrogen and oxygen atoms in total. The van der Waals surface area contributed by atoms with Crippen LogP contribution in [0.3, 0.4) is 0 Å². The van der Waals surface area contributed by atoms with Crippen LogP contribution < -0.4 is 11.1 Å². The zero-order chi connectivity index (χ0) is 11.9. The molecule has 0 spiro atoms. The average molecular weight is 305 g/mol. The van der Waals surface area contributed by atoms with Crippen molar-refractivity contribution in [3.63, 3.8) is 0 Å². The number of sulfone groups is 1. The fourth-order valence-electron chi connectivity index (χ4n) is 1.95. The zero-order valence-corrected chi connectivity index (χ0v) is 11.2. The Labute approximate surface area is 103 Å². The molecule has 1 aliphatic heterocycles. The van der Waals surface area contributed by atoms with Gasteiger partial charge < -0.3 is 11.1 Å². The predicted octanol–water partition coefficient (Wildman–Crippen LogP) is 1.36. The van der Waals surface area contributed by atoms with Gasteiger partial charge in [0.2, 0.25) is 0 Å². The summed E-state index contributed by atoms with van der Waals surface area (Å²) in [4.78, 5) is 0.329. The van der Waals surface area contributed by atoms with Gasteiger partial charge >= 0.3 is 0 Å². The van der Waals surface area contributed by atoms with Crippen molar-refractivity contribution in [2.45, 2.75) is 23.1 Å². The Morgan fingerprint density at radius 3 is 2.81 bits per heavy atom. The summed E-state index contributed by atoms with van der Waals surface area (Å²) < 4.78 is 25.3. The molecule has 16 heavy (non-hydrogen) atoms. The quantitative estimate of drug-likeness (QED) is 0.822. The van der Waals surface area contributed by atoms with Crippen LogP contribution in [-0.2, 0) is 9.84 Å². The van der Waals surface area contributed by atoms with Gasteiger partial charge in [0.25, 0.3) is 0 Å². The zero-order valence-electron chi connectivity index (χ0n) is 8.77. The van der Waals surface area contributed by atoms with Crippen molar-refractivity contribution in [3.8, 4) is 0 Å². The van der Waals surface area contributed by atoms with Crippen LogP contribution in [0.25, 0.3) is 0 Å². The molecular formula is C10H13BrN2O2S. The van der Waals surface area contributed by atoms with E-state index in [1.165, 1.54) is 0 Å². The van der Waals surface area contributed by atoms with Gasteiger partial charge in [-0.25, -0.2) is 8.42 Å². The van der Waals surface area contributed by atoms with E-state index in [1.807, 2.05) is 13.0 Å². The number of benzene rings is 1. The van der Waals surface area contributed by atoms with Crippen molar-refractivity contribution in [1.82, 2.24) is 0 Å². The SMILES string of the molecule is CC1Nc2ccc(Br)cc2S(=O)(=O)C1CN. The molecule has 88 valence electrons. The summed E-state index contributed by atoms with van der Waals surface area (Å²) in [6.07, 6.45) is 0. The number of nitrogens with two attached hydrogens (primary N) is 1. The maximum Gasteiger partial charge on any atom is 0.186 e. The molecule has 0 saturated carbocycles. The first kappa shape index (κ1) is 11.9. The molecule has 1 heterocycles. The van der Waals surface area contributed by atoms with Crippen LogP contribution in [0.2, 0.25) is 0 Å². The van der Waals surface area contributed by atoms with E-state index >= 15 is 0 Å². The summed E-state index contributed by atoms with van der Waals surface area (Å²) >= 11 is 3.28. The fourth-order valence-corrected chi connectivity index (χ4v) is 4.37. The second-order valence-electron chi connectivity index (χ2n) is 3.89. The van der Waals surface area contributed by atoms with Crippen molar-refractivity contribution in [3.05, 3.63) is 22.7 Å². The average Bonchev–Trinajstić information content (AvgIpc) is 2.19. The first-order valence-electron chi connectivity index (χ1n) is 4.97. The lowest BCUT2D eigenvalue weighted by atomic mass is 10.2. The van der Waals surface area contributed by atoms with Crippen LogP contribution in [0.4, 0.5) is 5.69 Å². The molecule has 1 aliphatic rings. The smallest absolute Gasteiger partial charge is 0.186 e. The highest BCUT2D eigenvalue weighted by molar-refractivity contribution is 9.10. The monoisotopic (exact) mass is 304 g/mol. The van der Waals surface area contributed by atoms with E-state index in [1.54, 1.807) is 12.1 Å². The lowest BCUT2D eigenvalue weighted by Gasteiger charge is -2.31. The maximum absolute atomic E-state index is 12.3.